The summed E-state index contributed by atoms with van der Waals surface area (Å²) in [4.78, 5) is 5.94. The first-order valence-corrected chi connectivity index (χ1v) is 9.81. The molecule has 2 nitrogen and oxygen atoms in total. The lowest BCUT2D eigenvalue weighted by molar-refractivity contribution is -0.137. The van der Waals surface area contributed by atoms with E-state index in [-0.39, 0.29) is 0 Å². The van der Waals surface area contributed by atoms with Crippen LogP contribution in [0.5, 0.6) is 0 Å². The normalized spacial score (nSPS) is 12.0. The van der Waals surface area contributed by atoms with E-state index in [9.17, 15) is 13.2 Å². The smallest absolute Gasteiger partial charge is 0.416 e. The third-order valence-electron chi connectivity index (χ3n) is 4.69. The Morgan fingerprint density at radius 1 is 1.07 bits per heavy atom. The number of rotatable bonds is 4. The first kappa shape index (κ1) is 18.7. The summed E-state index contributed by atoms with van der Waals surface area (Å²) in [5.74, 6) is 0.630. The molecule has 0 aliphatic carbocycles. The van der Waals surface area contributed by atoms with Crippen molar-refractivity contribution in [1.29, 1.82) is 0 Å². The van der Waals surface area contributed by atoms with Crippen LogP contribution >= 0.6 is 11.3 Å². The number of nitrogens with zero attached hydrogens (tertiary/aromatic N) is 1. The molecule has 144 valence electrons. The molecule has 0 atom stereocenters. The minimum atomic E-state index is -4.35. The zero-order valence-electron chi connectivity index (χ0n) is 15.4. The van der Waals surface area contributed by atoms with Gasteiger partial charge in [-0.05, 0) is 37.1 Å². The summed E-state index contributed by atoms with van der Waals surface area (Å²) in [6.45, 7) is 4.11. The van der Waals surface area contributed by atoms with Crippen LogP contribution in [0.15, 0.2) is 52.9 Å². The lowest BCUT2D eigenvalue weighted by atomic mass is 10.1. The summed E-state index contributed by atoms with van der Waals surface area (Å²) in [6, 6.07) is 13.1. The van der Waals surface area contributed by atoms with Crippen molar-refractivity contribution in [1.82, 2.24) is 4.98 Å². The predicted molar refractivity (Wildman–Crippen MR) is 106 cm³/mol. The summed E-state index contributed by atoms with van der Waals surface area (Å²) < 4.78 is 44.8. The van der Waals surface area contributed by atoms with E-state index in [2.05, 4.69) is 11.9 Å². The molecule has 0 amide bonds. The van der Waals surface area contributed by atoms with E-state index in [1.807, 2.05) is 31.2 Å². The molecule has 0 bridgehead atoms. The van der Waals surface area contributed by atoms with Crippen molar-refractivity contribution in [3.8, 4) is 10.6 Å². The van der Waals surface area contributed by atoms with Crippen LogP contribution in [0.25, 0.3) is 21.5 Å². The van der Waals surface area contributed by atoms with Crippen molar-refractivity contribution >= 4 is 22.3 Å². The van der Waals surface area contributed by atoms with Crippen molar-refractivity contribution < 1.29 is 17.6 Å². The van der Waals surface area contributed by atoms with E-state index < -0.39 is 11.7 Å². The SMILES string of the molecule is CCc1sc(-c2cccc3oc(Cc4cccc(C(F)(F)F)c4)cc23)nc1C. The Balaban J connectivity index is 1.71. The summed E-state index contributed by atoms with van der Waals surface area (Å²) in [7, 11) is 0. The Hall–Kier alpha value is -2.60. The highest BCUT2D eigenvalue weighted by Crippen LogP contribution is 2.36. The van der Waals surface area contributed by atoms with E-state index in [0.29, 0.717) is 23.3 Å². The lowest BCUT2D eigenvalue weighted by Crippen LogP contribution is -2.05. The molecule has 0 spiro atoms. The van der Waals surface area contributed by atoms with Crippen LogP contribution in [0.3, 0.4) is 0 Å². The Labute approximate surface area is 164 Å². The lowest BCUT2D eigenvalue weighted by Gasteiger charge is -2.07. The number of hydrogen-bond donors (Lipinski definition) is 0. The van der Waals surface area contributed by atoms with Crippen molar-refractivity contribution in [2.24, 2.45) is 0 Å². The van der Waals surface area contributed by atoms with Gasteiger partial charge >= 0.3 is 6.18 Å². The van der Waals surface area contributed by atoms with Crippen LogP contribution in [0, 0.1) is 6.92 Å². The van der Waals surface area contributed by atoms with Gasteiger partial charge in [0, 0.05) is 22.2 Å². The fraction of sp³-hybridized carbons (Fsp3) is 0.227. The van der Waals surface area contributed by atoms with Gasteiger partial charge in [-0.15, -0.1) is 11.3 Å². The Morgan fingerprint density at radius 2 is 1.86 bits per heavy atom. The van der Waals surface area contributed by atoms with E-state index in [1.165, 1.54) is 17.0 Å². The summed E-state index contributed by atoms with van der Waals surface area (Å²) in [5, 5.41) is 1.87. The van der Waals surface area contributed by atoms with E-state index in [0.717, 1.165) is 34.1 Å². The van der Waals surface area contributed by atoms with Gasteiger partial charge in [0.05, 0.1) is 11.3 Å². The highest BCUT2D eigenvalue weighted by Gasteiger charge is 2.30. The summed E-state index contributed by atoms with van der Waals surface area (Å²) in [6.07, 6.45) is -3.11. The summed E-state index contributed by atoms with van der Waals surface area (Å²) >= 11 is 1.67. The minimum Gasteiger partial charge on any atom is -0.461 e. The highest BCUT2D eigenvalue weighted by molar-refractivity contribution is 7.15. The number of fused-ring (bicyclic) bond motifs is 1. The third kappa shape index (κ3) is 3.56. The maximum absolute atomic E-state index is 12.9. The first-order chi connectivity index (χ1) is 13.3. The predicted octanol–water partition coefficient (Wildman–Crippen LogP) is 7.04. The molecule has 2 aromatic heterocycles. The monoisotopic (exact) mass is 401 g/mol. The number of aromatic nitrogens is 1. The molecule has 0 N–H and O–H groups in total. The Morgan fingerprint density at radius 3 is 2.57 bits per heavy atom. The molecule has 0 saturated carbocycles. The van der Waals surface area contributed by atoms with Gasteiger partial charge in [-0.2, -0.15) is 13.2 Å². The maximum atomic E-state index is 12.9. The van der Waals surface area contributed by atoms with Crippen molar-refractivity contribution in [3.63, 3.8) is 0 Å². The first-order valence-electron chi connectivity index (χ1n) is 8.99. The standard InChI is InChI=1S/C22H18F3NOS/c1-3-20-13(2)26-21(28-20)17-8-5-9-19-18(17)12-16(27-19)11-14-6-4-7-15(10-14)22(23,24)25/h4-10,12H,3,11H2,1-2H3. The molecule has 0 fully saturated rings. The number of thiazole rings is 1. The van der Waals surface area contributed by atoms with E-state index in [1.54, 1.807) is 17.4 Å². The van der Waals surface area contributed by atoms with Crippen LogP contribution in [0.1, 0.15) is 34.4 Å². The van der Waals surface area contributed by atoms with Crippen LogP contribution in [-0.4, -0.2) is 4.98 Å². The fourth-order valence-electron chi connectivity index (χ4n) is 3.32. The van der Waals surface area contributed by atoms with Gasteiger partial charge in [0.25, 0.3) is 0 Å². The quantitative estimate of drug-likeness (QED) is 0.367. The number of aryl methyl sites for hydroxylation is 2. The second-order valence-electron chi connectivity index (χ2n) is 6.69. The molecule has 28 heavy (non-hydrogen) atoms. The van der Waals surface area contributed by atoms with Gasteiger partial charge in [-0.25, -0.2) is 4.98 Å². The van der Waals surface area contributed by atoms with Crippen LogP contribution in [0.4, 0.5) is 13.2 Å². The number of benzene rings is 2. The zero-order chi connectivity index (χ0) is 19.9. The molecule has 0 unspecified atom stereocenters. The molecular weight excluding hydrogens is 383 g/mol. The van der Waals surface area contributed by atoms with Gasteiger partial charge in [0.1, 0.15) is 16.4 Å². The second-order valence-corrected chi connectivity index (χ2v) is 7.77. The van der Waals surface area contributed by atoms with Crippen LogP contribution in [0.2, 0.25) is 0 Å². The fourth-order valence-corrected chi connectivity index (χ4v) is 4.36. The number of furan rings is 1. The molecule has 6 heteroatoms. The molecule has 0 saturated heterocycles. The average molecular weight is 401 g/mol. The second kappa shape index (κ2) is 7.09. The number of halogens is 3. The molecule has 0 aliphatic rings. The van der Waals surface area contributed by atoms with Gasteiger partial charge in [-0.3, -0.25) is 0 Å². The number of alkyl halides is 3. The maximum Gasteiger partial charge on any atom is 0.416 e. The van der Waals surface area contributed by atoms with Gasteiger partial charge in [-0.1, -0.05) is 37.3 Å². The zero-order valence-corrected chi connectivity index (χ0v) is 16.2. The third-order valence-corrected chi connectivity index (χ3v) is 6.02. The highest BCUT2D eigenvalue weighted by atomic mass is 32.1. The van der Waals surface area contributed by atoms with Crippen molar-refractivity contribution in [3.05, 3.63) is 76.0 Å². The van der Waals surface area contributed by atoms with Crippen LogP contribution in [-0.2, 0) is 19.0 Å². The van der Waals surface area contributed by atoms with Crippen molar-refractivity contribution in [2.45, 2.75) is 32.9 Å². The van der Waals surface area contributed by atoms with Gasteiger partial charge in [0.15, 0.2) is 0 Å². The Kier molecular flexibility index (Phi) is 4.75. The van der Waals surface area contributed by atoms with Crippen molar-refractivity contribution in [2.75, 3.05) is 0 Å². The van der Waals surface area contributed by atoms with Gasteiger partial charge in [0.2, 0.25) is 0 Å². The molecule has 2 aromatic carbocycles. The number of hydrogen-bond acceptors (Lipinski definition) is 3. The topological polar surface area (TPSA) is 26.0 Å². The van der Waals surface area contributed by atoms with E-state index >= 15 is 0 Å². The molecule has 0 radical (unpaired) electrons. The molecule has 4 rings (SSSR count). The Bertz CT molecular complexity index is 1140. The van der Waals surface area contributed by atoms with Crippen LogP contribution < -0.4 is 0 Å². The molecule has 4 aromatic rings. The minimum absolute atomic E-state index is 0.301. The summed E-state index contributed by atoms with van der Waals surface area (Å²) in [5.41, 5.74) is 2.66. The molecular formula is C22H18F3NOS. The van der Waals surface area contributed by atoms with E-state index in [4.69, 9.17) is 4.42 Å². The largest absolute Gasteiger partial charge is 0.461 e. The molecule has 2 heterocycles. The molecule has 0 aliphatic heterocycles. The average Bonchev–Trinajstić information content (AvgIpc) is 3.23. The van der Waals surface area contributed by atoms with Gasteiger partial charge < -0.3 is 4.42 Å².